The van der Waals surface area contributed by atoms with E-state index in [0.29, 0.717) is 28.9 Å². The summed E-state index contributed by atoms with van der Waals surface area (Å²) in [7, 11) is 0. The number of nitriles is 1. The van der Waals surface area contributed by atoms with Crippen molar-refractivity contribution < 1.29 is 0 Å². The van der Waals surface area contributed by atoms with E-state index in [1.165, 1.54) is 0 Å². The molecule has 1 aromatic carbocycles. The molecule has 26 heavy (non-hydrogen) atoms. The van der Waals surface area contributed by atoms with Gasteiger partial charge in [0.05, 0.1) is 17.3 Å². The van der Waals surface area contributed by atoms with Crippen LogP contribution in [0.5, 0.6) is 0 Å². The Morgan fingerprint density at radius 1 is 1.00 bits per heavy atom. The Hall–Kier alpha value is -3.78. The number of pyridine rings is 3. The van der Waals surface area contributed by atoms with Crippen molar-refractivity contribution in [3.63, 3.8) is 0 Å². The van der Waals surface area contributed by atoms with Crippen LogP contribution in [0.2, 0.25) is 0 Å². The van der Waals surface area contributed by atoms with E-state index < -0.39 is 0 Å². The third kappa shape index (κ3) is 2.85. The van der Waals surface area contributed by atoms with Crippen LogP contribution in [0.15, 0.2) is 78.0 Å². The van der Waals surface area contributed by atoms with Crippen molar-refractivity contribution in [3.05, 3.63) is 100 Å². The maximum Gasteiger partial charge on any atom is 0.260 e. The van der Waals surface area contributed by atoms with Gasteiger partial charge in [-0.05, 0) is 54.1 Å². The van der Waals surface area contributed by atoms with Gasteiger partial charge in [0.15, 0.2) is 0 Å². The van der Waals surface area contributed by atoms with Crippen LogP contribution in [0.25, 0.3) is 16.7 Å². The van der Waals surface area contributed by atoms with Crippen molar-refractivity contribution in [2.45, 2.75) is 6.42 Å². The van der Waals surface area contributed by atoms with Gasteiger partial charge in [-0.25, -0.2) is 4.98 Å². The number of fused-ring (bicyclic) bond motifs is 1. The summed E-state index contributed by atoms with van der Waals surface area (Å²) in [4.78, 5) is 21.6. The van der Waals surface area contributed by atoms with Gasteiger partial charge >= 0.3 is 0 Å². The minimum absolute atomic E-state index is 0.136. The molecule has 0 saturated carbocycles. The van der Waals surface area contributed by atoms with E-state index in [2.05, 4.69) is 16.0 Å². The van der Waals surface area contributed by atoms with Gasteiger partial charge < -0.3 is 0 Å². The van der Waals surface area contributed by atoms with Crippen LogP contribution in [-0.4, -0.2) is 14.5 Å². The second-order valence-electron chi connectivity index (χ2n) is 5.92. The molecule has 0 N–H and O–H groups in total. The molecular formula is C21H14N4O. The molecule has 0 aliphatic heterocycles. The summed E-state index contributed by atoms with van der Waals surface area (Å²) < 4.78 is 1.58. The molecule has 0 aliphatic carbocycles. The SMILES string of the molecule is N#Cc1cccc(-n2c(=O)c(Cc3ccncc3)cc3cccnc32)c1. The first-order valence-electron chi connectivity index (χ1n) is 8.15. The fraction of sp³-hybridized carbons (Fsp3) is 0.0476. The fourth-order valence-electron chi connectivity index (χ4n) is 3.00. The van der Waals surface area contributed by atoms with Gasteiger partial charge in [-0.15, -0.1) is 0 Å². The first-order valence-corrected chi connectivity index (χ1v) is 8.15. The summed E-state index contributed by atoms with van der Waals surface area (Å²) in [5, 5.41) is 10.1. The highest BCUT2D eigenvalue weighted by Gasteiger charge is 2.13. The van der Waals surface area contributed by atoms with Crippen molar-refractivity contribution in [1.29, 1.82) is 5.26 Å². The van der Waals surface area contributed by atoms with E-state index in [4.69, 9.17) is 0 Å². The Labute approximate surface area is 149 Å². The smallest absolute Gasteiger partial charge is 0.260 e. The number of hydrogen-bond donors (Lipinski definition) is 0. The van der Waals surface area contributed by atoms with Gasteiger partial charge in [-0.2, -0.15) is 5.26 Å². The minimum Gasteiger partial charge on any atom is -0.269 e. The highest BCUT2D eigenvalue weighted by Crippen LogP contribution is 2.18. The lowest BCUT2D eigenvalue weighted by Gasteiger charge is -2.12. The third-order valence-electron chi connectivity index (χ3n) is 4.21. The summed E-state index contributed by atoms with van der Waals surface area (Å²) in [6, 6.07) is 18.6. The number of benzene rings is 1. The number of nitrogens with zero attached hydrogens (tertiary/aromatic N) is 4. The predicted octanol–water partition coefficient (Wildman–Crippen LogP) is 3.24. The lowest BCUT2D eigenvalue weighted by atomic mass is 10.1. The number of aromatic nitrogens is 3. The van der Waals surface area contributed by atoms with Gasteiger partial charge in [-0.3, -0.25) is 14.3 Å². The van der Waals surface area contributed by atoms with Crippen LogP contribution in [-0.2, 0) is 6.42 Å². The van der Waals surface area contributed by atoms with Crippen LogP contribution in [0, 0.1) is 11.3 Å². The first-order chi connectivity index (χ1) is 12.8. The molecule has 5 nitrogen and oxygen atoms in total. The molecule has 0 atom stereocenters. The maximum atomic E-state index is 13.2. The van der Waals surface area contributed by atoms with Crippen LogP contribution in [0.1, 0.15) is 16.7 Å². The number of hydrogen-bond acceptors (Lipinski definition) is 4. The fourth-order valence-corrected chi connectivity index (χ4v) is 3.00. The Morgan fingerprint density at radius 2 is 1.85 bits per heavy atom. The zero-order valence-corrected chi connectivity index (χ0v) is 13.8. The molecule has 124 valence electrons. The molecule has 3 aromatic heterocycles. The molecule has 3 heterocycles. The van der Waals surface area contributed by atoms with Crippen LogP contribution < -0.4 is 5.56 Å². The summed E-state index contributed by atoms with van der Waals surface area (Å²) >= 11 is 0. The Bertz CT molecular complexity index is 1190. The molecule has 0 fully saturated rings. The Kier molecular flexibility index (Phi) is 4.00. The van der Waals surface area contributed by atoms with E-state index in [-0.39, 0.29) is 5.56 Å². The van der Waals surface area contributed by atoms with Gasteiger partial charge in [0.1, 0.15) is 5.65 Å². The average Bonchev–Trinajstić information content (AvgIpc) is 2.69. The lowest BCUT2D eigenvalue weighted by molar-refractivity contribution is 0.971. The van der Waals surface area contributed by atoms with Crippen LogP contribution >= 0.6 is 0 Å². The standard InChI is InChI=1S/C21H14N4O/c22-14-16-3-1-5-19(12-16)25-20-17(4-2-8-24-20)13-18(21(25)26)11-15-6-9-23-10-7-15/h1-10,12-13H,11H2. The van der Waals surface area contributed by atoms with Gasteiger partial charge in [0.2, 0.25) is 0 Å². The largest absolute Gasteiger partial charge is 0.269 e. The molecule has 0 amide bonds. The maximum absolute atomic E-state index is 13.2. The first kappa shape index (κ1) is 15.7. The predicted molar refractivity (Wildman–Crippen MR) is 99.1 cm³/mol. The monoisotopic (exact) mass is 338 g/mol. The van der Waals surface area contributed by atoms with Crippen LogP contribution in [0.4, 0.5) is 0 Å². The highest BCUT2D eigenvalue weighted by atomic mass is 16.1. The van der Waals surface area contributed by atoms with Crippen LogP contribution in [0.3, 0.4) is 0 Å². The van der Waals surface area contributed by atoms with Gasteiger partial charge in [-0.1, -0.05) is 6.07 Å². The van der Waals surface area contributed by atoms with Crippen molar-refractivity contribution in [1.82, 2.24) is 14.5 Å². The summed E-state index contributed by atoms with van der Waals surface area (Å²) in [6.45, 7) is 0. The summed E-state index contributed by atoms with van der Waals surface area (Å²) in [5.41, 5.74) is 3.25. The minimum atomic E-state index is -0.136. The van der Waals surface area contributed by atoms with Gasteiger partial charge in [0, 0.05) is 36.0 Å². The van der Waals surface area contributed by atoms with E-state index in [0.717, 1.165) is 10.9 Å². The topological polar surface area (TPSA) is 71.6 Å². The Balaban J connectivity index is 1.97. The number of rotatable bonds is 3. The van der Waals surface area contributed by atoms with E-state index >= 15 is 0 Å². The molecule has 5 heteroatoms. The van der Waals surface area contributed by atoms with E-state index in [1.54, 1.807) is 41.4 Å². The Morgan fingerprint density at radius 3 is 2.65 bits per heavy atom. The molecule has 0 bridgehead atoms. The second kappa shape index (κ2) is 6.61. The van der Waals surface area contributed by atoms with Crippen molar-refractivity contribution >= 4 is 11.0 Å². The van der Waals surface area contributed by atoms with Gasteiger partial charge in [0.25, 0.3) is 5.56 Å². The van der Waals surface area contributed by atoms with Crippen molar-refractivity contribution in [3.8, 4) is 11.8 Å². The molecule has 0 unspecified atom stereocenters. The highest BCUT2D eigenvalue weighted by molar-refractivity contribution is 5.77. The molecular weight excluding hydrogens is 324 g/mol. The van der Waals surface area contributed by atoms with Crippen molar-refractivity contribution in [2.75, 3.05) is 0 Å². The molecule has 4 rings (SSSR count). The molecule has 0 radical (unpaired) electrons. The zero-order chi connectivity index (χ0) is 17.9. The molecule has 0 aliphatic rings. The second-order valence-corrected chi connectivity index (χ2v) is 5.92. The average molecular weight is 338 g/mol. The summed E-state index contributed by atoms with van der Waals surface area (Å²) in [6.07, 6.45) is 5.60. The van der Waals surface area contributed by atoms with Crippen molar-refractivity contribution in [2.24, 2.45) is 0 Å². The van der Waals surface area contributed by atoms with E-state index in [1.807, 2.05) is 36.4 Å². The molecule has 4 aromatic rings. The lowest BCUT2D eigenvalue weighted by Crippen LogP contribution is -2.23. The third-order valence-corrected chi connectivity index (χ3v) is 4.21. The zero-order valence-electron chi connectivity index (χ0n) is 13.8. The normalized spacial score (nSPS) is 10.6. The molecule has 0 spiro atoms. The quantitative estimate of drug-likeness (QED) is 0.575. The van der Waals surface area contributed by atoms with E-state index in [9.17, 15) is 10.1 Å². The summed E-state index contributed by atoms with van der Waals surface area (Å²) in [5.74, 6) is 0. The molecule has 0 saturated heterocycles.